The van der Waals surface area contributed by atoms with Gasteiger partial charge in [-0.2, -0.15) is 0 Å². The number of ether oxygens (including phenoxy) is 1. The number of rotatable bonds is 3. The number of halogens is 2. The van der Waals surface area contributed by atoms with E-state index in [9.17, 15) is 14.0 Å². The number of hydrogen-bond acceptors (Lipinski definition) is 4. The largest absolute Gasteiger partial charge is 0.463 e. The van der Waals surface area contributed by atoms with Gasteiger partial charge in [0.05, 0.1) is 29.2 Å². The molecule has 2 aliphatic rings. The number of aromatic nitrogens is 1. The van der Waals surface area contributed by atoms with E-state index in [0.29, 0.717) is 40.2 Å². The van der Waals surface area contributed by atoms with Crippen molar-refractivity contribution in [2.24, 2.45) is 0 Å². The van der Waals surface area contributed by atoms with Crippen molar-refractivity contribution >= 4 is 34.3 Å². The Balaban J connectivity index is 1.88. The maximum atomic E-state index is 13.8. The number of fused-ring (bicyclic) bond motifs is 2. The topological polar surface area (TPSA) is 51.5 Å². The van der Waals surface area contributed by atoms with E-state index >= 15 is 0 Å². The molecule has 5 nitrogen and oxygen atoms in total. The summed E-state index contributed by atoms with van der Waals surface area (Å²) in [6.07, 6.45) is 0. The SMILES string of the molecule is CCOC(=O)C1=C(C)N2CCn3c2c(c(=O)c2ccc(Cl)cc23)C1c1ccc(F)cc1. The highest BCUT2D eigenvalue weighted by Crippen LogP contribution is 2.46. The Labute approximate surface area is 183 Å². The van der Waals surface area contributed by atoms with E-state index in [1.807, 2.05) is 11.8 Å². The van der Waals surface area contributed by atoms with E-state index in [1.165, 1.54) is 12.1 Å². The lowest BCUT2D eigenvalue weighted by Crippen LogP contribution is -2.35. The molecule has 5 rings (SSSR count). The molecular formula is C24H20ClFN2O3. The highest BCUT2D eigenvalue weighted by atomic mass is 35.5. The zero-order valence-electron chi connectivity index (χ0n) is 17.1. The number of anilines is 1. The van der Waals surface area contributed by atoms with Crippen LogP contribution in [-0.2, 0) is 16.1 Å². The Morgan fingerprint density at radius 2 is 1.94 bits per heavy atom. The number of allylic oxidation sites excluding steroid dienone is 1. The summed E-state index contributed by atoms with van der Waals surface area (Å²) in [6.45, 7) is 5.12. The normalized spacial score (nSPS) is 17.3. The molecular weight excluding hydrogens is 419 g/mol. The van der Waals surface area contributed by atoms with Gasteiger partial charge in [-0.25, -0.2) is 9.18 Å². The summed E-state index contributed by atoms with van der Waals surface area (Å²) in [5.41, 5.74) is 2.95. The number of esters is 1. The average Bonchev–Trinajstić information content (AvgIpc) is 3.19. The fourth-order valence-corrected chi connectivity index (χ4v) is 4.96. The molecule has 31 heavy (non-hydrogen) atoms. The predicted molar refractivity (Wildman–Crippen MR) is 118 cm³/mol. The first-order valence-electron chi connectivity index (χ1n) is 10.2. The number of nitrogens with zero attached hydrogens (tertiary/aromatic N) is 2. The minimum absolute atomic E-state index is 0.159. The third-order valence-corrected chi connectivity index (χ3v) is 6.35. The van der Waals surface area contributed by atoms with Gasteiger partial charge in [0, 0.05) is 29.2 Å². The highest BCUT2D eigenvalue weighted by molar-refractivity contribution is 6.31. The summed E-state index contributed by atoms with van der Waals surface area (Å²) >= 11 is 6.23. The summed E-state index contributed by atoms with van der Waals surface area (Å²) in [4.78, 5) is 28.8. The molecule has 3 heterocycles. The van der Waals surface area contributed by atoms with E-state index in [4.69, 9.17) is 16.3 Å². The Morgan fingerprint density at radius 1 is 1.19 bits per heavy atom. The number of hydrogen-bond donors (Lipinski definition) is 0. The van der Waals surface area contributed by atoms with Gasteiger partial charge in [-0.05, 0) is 49.7 Å². The third-order valence-electron chi connectivity index (χ3n) is 6.11. The van der Waals surface area contributed by atoms with Gasteiger partial charge in [0.25, 0.3) is 0 Å². The predicted octanol–water partition coefficient (Wildman–Crippen LogP) is 4.60. The summed E-state index contributed by atoms with van der Waals surface area (Å²) < 4.78 is 21.1. The van der Waals surface area contributed by atoms with E-state index < -0.39 is 11.9 Å². The van der Waals surface area contributed by atoms with Crippen molar-refractivity contribution < 1.29 is 13.9 Å². The van der Waals surface area contributed by atoms with E-state index in [-0.39, 0.29) is 17.9 Å². The maximum Gasteiger partial charge on any atom is 0.336 e. The minimum Gasteiger partial charge on any atom is -0.463 e. The molecule has 0 aliphatic carbocycles. The van der Waals surface area contributed by atoms with Crippen LogP contribution in [0.4, 0.5) is 10.2 Å². The molecule has 7 heteroatoms. The standard InChI is InChI=1S/C24H20ClFN2O3/c1-3-31-24(30)19-13(2)27-10-11-28-18-12-15(25)6-9-17(18)22(29)21(23(27)28)20(19)14-4-7-16(26)8-5-14/h4-9,12,20H,3,10-11H2,1-2H3. The van der Waals surface area contributed by atoms with Crippen molar-refractivity contribution in [3.8, 4) is 0 Å². The van der Waals surface area contributed by atoms with Gasteiger partial charge in [-0.1, -0.05) is 23.7 Å². The average molecular weight is 439 g/mol. The molecule has 0 saturated heterocycles. The second kappa shape index (κ2) is 7.24. The van der Waals surface area contributed by atoms with E-state index in [2.05, 4.69) is 4.57 Å². The Hall–Kier alpha value is -3.12. The van der Waals surface area contributed by atoms with Crippen molar-refractivity contribution in [2.45, 2.75) is 26.3 Å². The summed E-state index contributed by atoms with van der Waals surface area (Å²) in [6, 6.07) is 11.2. The molecule has 2 aliphatic heterocycles. The van der Waals surface area contributed by atoms with Crippen molar-refractivity contribution in [3.63, 3.8) is 0 Å². The molecule has 0 fully saturated rings. The Bertz CT molecular complexity index is 1330. The lowest BCUT2D eigenvalue weighted by atomic mass is 9.80. The van der Waals surface area contributed by atoms with Gasteiger partial charge in [-0.15, -0.1) is 0 Å². The number of carbonyl (C=O) groups excluding carboxylic acids is 1. The number of pyridine rings is 1. The second-order valence-corrected chi connectivity index (χ2v) is 8.17. The molecule has 0 spiro atoms. The quantitative estimate of drug-likeness (QED) is 0.561. The van der Waals surface area contributed by atoms with Crippen molar-refractivity contribution in [2.75, 3.05) is 18.1 Å². The van der Waals surface area contributed by atoms with Gasteiger partial charge < -0.3 is 14.2 Å². The van der Waals surface area contributed by atoms with Gasteiger partial charge in [-0.3, -0.25) is 4.79 Å². The van der Waals surface area contributed by atoms with Gasteiger partial charge in [0.15, 0.2) is 5.43 Å². The molecule has 0 amide bonds. The van der Waals surface area contributed by atoms with Crippen LogP contribution in [-0.4, -0.2) is 23.7 Å². The van der Waals surface area contributed by atoms with Crippen LogP contribution in [0.25, 0.3) is 10.9 Å². The Kier molecular flexibility index (Phi) is 4.63. The van der Waals surface area contributed by atoms with Gasteiger partial charge >= 0.3 is 5.97 Å². The van der Waals surface area contributed by atoms with Crippen LogP contribution in [0.2, 0.25) is 5.02 Å². The first kappa shape index (κ1) is 19.8. The van der Waals surface area contributed by atoms with Gasteiger partial charge in [0.2, 0.25) is 0 Å². The summed E-state index contributed by atoms with van der Waals surface area (Å²) in [5.74, 6) is -0.730. The third kappa shape index (κ3) is 2.89. The van der Waals surface area contributed by atoms with Crippen LogP contribution in [0.5, 0.6) is 0 Å². The molecule has 158 valence electrons. The molecule has 0 N–H and O–H groups in total. The first-order valence-corrected chi connectivity index (χ1v) is 10.6. The molecule has 1 aromatic heterocycles. The van der Waals surface area contributed by atoms with Crippen molar-refractivity contribution in [1.82, 2.24) is 4.57 Å². The zero-order chi connectivity index (χ0) is 21.9. The van der Waals surface area contributed by atoms with Crippen molar-refractivity contribution in [1.29, 1.82) is 0 Å². The van der Waals surface area contributed by atoms with Crippen LogP contribution in [0.1, 0.15) is 30.9 Å². The molecule has 1 unspecified atom stereocenters. The molecule has 0 radical (unpaired) electrons. The summed E-state index contributed by atoms with van der Waals surface area (Å²) in [7, 11) is 0. The van der Waals surface area contributed by atoms with Crippen LogP contribution in [0.15, 0.2) is 58.5 Å². The number of carbonyl (C=O) groups is 1. The fraction of sp³-hybridized carbons (Fsp3) is 0.250. The van der Waals surface area contributed by atoms with E-state index in [1.54, 1.807) is 37.3 Å². The highest BCUT2D eigenvalue weighted by Gasteiger charge is 2.42. The van der Waals surface area contributed by atoms with Crippen LogP contribution < -0.4 is 10.3 Å². The zero-order valence-corrected chi connectivity index (χ0v) is 17.9. The van der Waals surface area contributed by atoms with E-state index in [0.717, 1.165) is 17.0 Å². The lowest BCUT2D eigenvalue weighted by Gasteiger charge is -2.34. The van der Waals surface area contributed by atoms with Gasteiger partial charge in [0.1, 0.15) is 11.6 Å². The summed E-state index contributed by atoms with van der Waals surface area (Å²) in [5, 5.41) is 1.10. The van der Waals surface area contributed by atoms with Crippen LogP contribution in [0, 0.1) is 5.82 Å². The number of benzene rings is 2. The van der Waals surface area contributed by atoms with Crippen LogP contribution >= 0.6 is 11.6 Å². The Morgan fingerprint density at radius 3 is 2.65 bits per heavy atom. The lowest BCUT2D eigenvalue weighted by molar-refractivity contribution is -0.138. The first-order chi connectivity index (χ1) is 14.9. The molecule has 1 atom stereocenters. The second-order valence-electron chi connectivity index (χ2n) is 7.74. The maximum absolute atomic E-state index is 13.8. The fourth-order valence-electron chi connectivity index (χ4n) is 4.80. The minimum atomic E-state index is -0.650. The molecule has 3 aromatic rings. The molecule has 0 saturated carbocycles. The van der Waals surface area contributed by atoms with Crippen LogP contribution in [0.3, 0.4) is 0 Å². The smallest absolute Gasteiger partial charge is 0.336 e. The van der Waals surface area contributed by atoms with Crippen molar-refractivity contribution in [3.05, 3.63) is 85.9 Å². The molecule has 0 bridgehead atoms. The monoisotopic (exact) mass is 438 g/mol. The molecule has 2 aromatic carbocycles.